The molecule has 1 N–H and O–H groups in total. The second-order valence-corrected chi connectivity index (χ2v) is 9.77. The van der Waals surface area contributed by atoms with E-state index in [0.717, 1.165) is 27.0 Å². The first-order chi connectivity index (χ1) is 14.6. The zero-order chi connectivity index (χ0) is 20.9. The molecule has 0 fully saturated rings. The van der Waals surface area contributed by atoms with Gasteiger partial charge in [0.1, 0.15) is 4.34 Å². The fourth-order valence-electron chi connectivity index (χ4n) is 2.84. The third kappa shape index (κ3) is 5.33. The van der Waals surface area contributed by atoms with Crippen LogP contribution in [0.15, 0.2) is 57.8 Å². The molecule has 4 aromatic rings. The fraction of sp³-hybridized carbons (Fsp3) is 0.182. The van der Waals surface area contributed by atoms with Crippen molar-refractivity contribution in [2.24, 2.45) is 0 Å². The molecule has 0 atom stereocenters. The lowest BCUT2D eigenvalue weighted by molar-refractivity contribution is -0.115. The zero-order valence-corrected chi connectivity index (χ0v) is 19.0. The molecule has 3 aromatic heterocycles. The fourth-order valence-corrected chi connectivity index (χ4v) is 5.48. The summed E-state index contributed by atoms with van der Waals surface area (Å²) in [6.07, 6.45) is 3.72. The van der Waals surface area contributed by atoms with E-state index >= 15 is 0 Å². The lowest BCUT2D eigenvalue weighted by Gasteiger charge is -2.05. The predicted molar refractivity (Wildman–Crippen MR) is 125 cm³/mol. The Hall–Kier alpha value is -2.55. The number of hydrogen-bond acceptors (Lipinski definition) is 7. The van der Waals surface area contributed by atoms with Crippen LogP contribution in [-0.2, 0) is 17.0 Å². The summed E-state index contributed by atoms with van der Waals surface area (Å²) in [5.41, 5.74) is 6.40. The second kappa shape index (κ2) is 9.51. The number of nitrogens with zero attached hydrogens (tertiary/aromatic N) is 3. The highest BCUT2D eigenvalue weighted by molar-refractivity contribution is 8.00. The molecular weight excluding hydrogens is 432 g/mol. The first-order valence-corrected chi connectivity index (χ1v) is 12.1. The number of thioether (sulfide) groups is 1. The number of hydrogen-bond donors (Lipinski definition) is 1. The van der Waals surface area contributed by atoms with Crippen molar-refractivity contribution in [3.05, 3.63) is 75.9 Å². The highest BCUT2D eigenvalue weighted by Crippen LogP contribution is 2.28. The number of carbonyl (C=O) groups is 1. The van der Waals surface area contributed by atoms with Crippen molar-refractivity contribution in [1.29, 1.82) is 0 Å². The monoisotopic (exact) mass is 452 g/mol. The molecule has 0 saturated heterocycles. The third-order valence-corrected chi connectivity index (χ3v) is 7.31. The Kier molecular flexibility index (Phi) is 6.56. The molecule has 8 heteroatoms. The van der Waals surface area contributed by atoms with Gasteiger partial charge >= 0.3 is 0 Å². The maximum Gasteiger partial charge on any atom is 0.232 e. The maximum absolute atomic E-state index is 12.4. The largest absolute Gasteiger partial charge is 0.302 e. The Bertz CT molecular complexity index is 1150. The standard InChI is InChI=1S/C22H20N4OS3/c1-14-5-6-15(2)17(8-14)11-29-22-24-18(12-30-22)9-20(27)26-21-25-19(13-28-21)16-4-3-7-23-10-16/h3-8,10,12-13H,9,11H2,1-2H3,(H,25,26,27). The van der Waals surface area contributed by atoms with Crippen LogP contribution in [0.4, 0.5) is 5.13 Å². The van der Waals surface area contributed by atoms with Gasteiger partial charge in [0.15, 0.2) is 5.13 Å². The van der Waals surface area contributed by atoms with Gasteiger partial charge in [0, 0.05) is 34.5 Å². The molecule has 1 amide bonds. The van der Waals surface area contributed by atoms with E-state index in [9.17, 15) is 4.79 Å². The van der Waals surface area contributed by atoms with Crippen molar-refractivity contribution in [1.82, 2.24) is 15.0 Å². The molecule has 0 aliphatic heterocycles. The summed E-state index contributed by atoms with van der Waals surface area (Å²) in [6.45, 7) is 4.24. The number of carbonyl (C=O) groups excluding carboxylic acids is 1. The van der Waals surface area contributed by atoms with Crippen molar-refractivity contribution in [3.63, 3.8) is 0 Å². The minimum Gasteiger partial charge on any atom is -0.302 e. The number of pyridine rings is 1. The molecule has 0 spiro atoms. The number of benzene rings is 1. The van der Waals surface area contributed by atoms with Gasteiger partial charge < -0.3 is 5.32 Å². The van der Waals surface area contributed by atoms with Crippen LogP contribution >= 0.6 is 34.4 Å². The Balaban J connectivity index is 1.32. The molecule has 3 heterocycles. The number of aryl methyl sites for hydroxylation is 2. The van der Waals surface area contributed by atoms with Crippen LogP contribution < -0.4 is 5.32 Å². The van der Waals surface area contributed by atoms with Crippen LogP contribution in [0.3, 0.4) is 0 Å². The normalized spacial score (nSPS) is 10.9. The van der Waals surface area contributed by atoms with Crippen LogP contribution in [0.2, 0.25) is 0 Å². The molecule has 0 bridgehead atoms. The molecule has 0 saturated carbocycles. The summed E-state index contributed by atoms with van der Waals surface area (Å²) < 4.78 is 0.979. The Morgan fingerprint density at radius 1 is 1.13 bits per heavy atom. The van der Waals surface area contributed by atoms with Gasteiger partial charge in [-0.05, 0) is 37.1 Å². The van der Waals surface area contributed by atoms with Gasteiger partial charge in [-0.25, -0.2) is 9.97 Å². The highest BCUT2D eigenvalue weighted by Gasteiger charge is 2.12. The lowest BCUT2D eigenvalue weighted by Crippen LogP contribution is -2.14. The topological polar surface area (TPSA) is 67.8 Å². The third-order valence-electron chi connectivity index (χ3n) is 4.44. The van der Waals surface area contributed by atoms with Gasteiger partial charge in [-0.15, -0.1) is 22.7 Å². The number of amides is 1. The predicted octanol–water partition coefficient (Wildman–Crippen LogP) is 5.75. The van der Waals surface area contributed by atoms with E-state index in [0.29, 0.717) is 5.13 Å². The van der Waals surface area contributed by atoms with Crippen LogP contribution in [0.1, 0.15) is 22.4 Å². The van der Waals surface area contributed by atoms with E-state index in [2.05, 4.69) is 52.3 Å². The first-order valence-electron chi connectivity index (χ1n) is 9.36. The highest BCUT2D eigenvalue weighted by atomic mass is 32.2. The average molecular weight is 453 g/mol. The molecule has 0 aliphatic carbocycles. The molecule has 0 unspecified atom stereocenters. The average Bonchev–Trinajstić information content (AvgIpc) is 3.39. The number of thiazole rings is 2. The quantitative estimate of drug-likeness (QED) is 0.362. The Morgan fingerprint density at radius 3 is 2.87 bits per heavy atom. The summed E-state index contributed by atoms with van der Waals surface area (Å²) in [7, 11) is 0. The van der Waals surface area contributed by atoms with E-state index < -0.39 is 0 Å². The molecule has 4 rings (SSSR count). The van der Waals surface area contributed by atoms with Crippen molar-refractivity contribution in [2.45, 2.75) is 30.4 Å². The Labute approximate surface area is 187 Å². The smallest absolute Gasteiger partial charge is 0.232 e. The van der Waals surface area contributed by atoms with Crippen molar-refractivity contribution >= 4 is 45.5 Å². The summed E-state index contributed by atoms with van der Waals surface area (Å²) in [5.74, 6) is 0.765. The van der Waals surface area contributed by atoms with Crippen molar-refractivity contribution in [2.75, 3.05) is 5.32 Å². The van der Waals surface area contributed by atoms with E-state index in [-0.39, 0.29) is 12.3 Å². The second-order valence-electron chi connectivity index (χ2n) is 6.83. The van der Waals surface area contributed by atoms with Gasteiger partial charge in [-0.1, -0.05) is 35.5 Å². The van der Waals surface area contributed by atoms with Gasteiger partial charge in [0.2, 0.25) is 5.91 Å². The van der Waals surface area contributed by atoms with Crippen LogP contribution in [0.5, 0.6) is 0 Å². The zero-order valence-electron chi connectivity index (χ0n) is 16.6. The summed E-state index contributed by atoms with van der Waals surface area (Å²) in [6, 6.07) is 10.3. The first kappa shape index (κ1) is 20.7. The molecular formula is C22H20N4OS3. The van der Waals surface area contributed by atoms with Crippen LogP contribution in [0, 0.1) is 13.8 Å². The van der Waals surface area contributed by atoms with E-state index in [4.69, 9.17) is 0 Å². The SMILES string of the molecule is Cc1ccc(C)c(CSc2nc(CC(=O)Nc3nc(-c4cccnc4)cs3)cs2)c1. The Morgan fingerprint density at radius 2 is 2.03 bits per heavy atom. The van der Waals surface area contributed by atoms with E-state index in [1.54, 1.807) is 35.5 Å². The number of nitrogens with one attached hydrogen (secondary N) is 1. The summed E-state index contributed by atoms with van der Waals surface area (Å²) >= 11 is 4.69. The van der Waals surface area contributed by atoms with E-state index in [1.807, 2.05) is 22.9 Å². The van der Waals surface area contributed by atoms with E-state index in [1.165, 1.54) is 28.0 Å². The van der Waals surface area contributed by atoms with Crippen molar-refractivity contribution < 1.29 is 4.79 Å². The van der Waals surface area contributed by atoms with Gasteiger partial charge in [-0.3, -0.25) is 9.78 Å². The number of anilines is 1. The van der Waals surface area contributed by atoms with Crippen LogP contribution in [-0.4, -0.2) is 20.9 Å². The molecule has 5 nitrogen and oxygen atoms in total. The summed E-state index contributed by atoms with van der Waals surface area (Å²) in [5, 5.41) is 7.32. The molecule has 152 valence electrons. The van der Waals surface area contributed by atoms with Gasteiger partial charge in [0.25, 0.3) is 0 Å². The molecule has 30 heavy (non-hydrogen) atoms. The minimum atomic E-state index is -0.113. The minimum absolute atomic E-state index is 0.113. The number of aromatic nitrogens is 3. The molecule has 0 aliphatic rings. The lowest BCUT2D eigenvalue weighted by atomic mass is 10.1. The van der Waals surface area contributed by atoms with Crippen LogP contribution in [0.25, 0.3) is 11.3 Å². The molecule has 1 aromatic carbocycles. The molecule has 0 radical (unpaired) electrons. The number of rotatable bonds is 7. The summed E-state index contributed by atoms with van der Waals surface area (Å²) in [4.78, 5) is 25.6. The van der Waals surface area contributed by atoms with Crippen molar-refractivity contribution in [3.8, 4) is 11.3 Å². The maximum atomic E-state index is 12.4. The van der Waals surface area contributed by atoms with Gasteiger partial charge in [0.05, 0.1) is 17.8 Å². The van der Waals surface area contributed by atoms with Gasteiger partial charge in [-0.2, -0.15) is 0 Å².